The Hall–Kier alpha value is -3.37. The molecule has 1 aliphatic rings. The molecule has 0 spiro atoms. The molecule has 3 aromatic carbocycles. The van der Waals surface area contributed by atoms with Gasteiger partial charge >= 0.3 is 0 Å². The molecular formula is C27H30N2O6S2. The molecule has 1 amide bonds. The van der Waals surface area contributed by atoms with E-state index in [0.29, 0.717) is 42.8 Å². The first kappa shape index (κ1) is 26.7. The summed E-state index contributed by atoms with van der Waals surface area (Å²) >= 11 is 1.52. The standard InChI is InChI=1S/C27H30N2O6S2/c1-4-33-22-8-6-21(7-9-22)29(37(31,32)24-12-10-23(36-3)11-13-24)18-27(30)28-19(2)20-5-14-25-26(17-20)35-16-15-34-25/h5-14,17,19H,4,15-16,18H2,1-3H3,(H,28,30). The maximum absolute atomic E-state index is 13.7. The molecule has 0 bridgehead atoms. The molecule has 1 unspecified atom stereocenters. The normalized spacial score (nSPS) is 13.5. The summed E-state index contributed by atoms with van der Waals surface area (Å²) in [5.41, 5.74) is 1.18. The first-order chi connectivity index (χ1) is 17.8. The zero-order valence-electron chi connectivity index (χ0n) is 21.0. The van der Waals surface area contributed by atoms with Gasteiger partial charge in [-0.2, -0.15) is 0 Å². The summed E-state index contributed by atoms with van der Waals surface area (Å²) in [5.74, 6) is 1.45. The molecule has 1 aliphatic heterocycles. The fourth-order valence-corrected chi connectivity index (χ4v) is 5.72. The third kappa shape index (κ3) is 6.31. The molecule has 1 heterocycles. The lowest BCUT2D eigenvalue weighted by Gasteiger charge is -2.26. The number of sulfonamides is 1. The maximum Gasteiger partial charge on any atom is 0.264 e. The van der Waals surface area contributed by atoms with Crippen LogP contribution in [-0.4, -0.2) is 46.9 Å². The molecule has 8 nitrogen and oxygen atoms in total. The van der Waals surface area contributed by atoms with Crippen LogP contribution in [0.15, 0.2) is 76.5 Å². The van der Waals surface area contributed by atoms with Crippen molar-refractivity contribution in [1.29, 1.82) is 0 Å². The third-order valence-electron chi connectivity index (χ3n) is 5.81. The fourth-order valence-electron chi connectivity index (χ4n) is 3.90. The summed E-state index contributed by atoms with van der Waals surface area (Å²) in [6.07, 6.45) is 1.92. The summed E-state index contributed by atoms with van der Waals surface area (Å²) < 4.78 is 45.2. The summed E-state index contributed by atoms with van der Waals surface area (Å²) in [5, 5.41) is 2.91. The third-order valence-corrected chi connectivity index (χ3v) is 8.35. The van der Waals surface area contributed by atoms with Gasteiger partial charge in [0.05, 0.1) is 23.2 Å². The van der Waals surface area contributed by atoms with Crippen molar-refractivity contribution < 1.29 is 27.4 Å². The molecule has 10 heteroatoms. The minimum atomic E-state index is -4.03. The number of carbonyl (C=O) groups excluding carboxylic acids is 1. The highest BCUT2D eigenvalue weighted by molar-refractivity contribution is 7.98. The van der Waals surface area contributed by atoms with E-state index < -0.39 is 22.5 Å². The summed E-state index contributed by atoms with van der Waals surface area (Å²) in [4.78, 5) is 14.2. The molecule has 3 aromatic rings. The predicted octanol–water partition coefficient (Wildman–Crippen LogP) is 4.65. The molecule has 0 fully saturated rings. The number of amides is 1. The molecular weight excluding hydrogens is 512 g/mol. The van der Waals surface area contributed by atoms with Crippen LogP contribution in [0.25, 0.3) is 0 Å². The Labute approximate surface area is 222 Å². The zero-order valence-corrected chi connectivity index (χ0v) is 22.6. The summed E-state index contributed by atoms with van der Waals surface area (Å²) in [6.45, 7) is 4.76. The zero-order chi connectivity index (χ0) is 26.4. The number of hydrogen-bond donors (Lipinski definition) is 1. The topological polar surface area (TPSA) is 94.2 Å². The van der Waals surface area contributed by atoms with E-state index in [2.05, 4.69) is 5.32 Å². The van der Waals surface area contributed by atoms with Gasteiger partial charge < -0.3 is 19.5 Å². The van der Waals surface area contributed by atoms with Gasteiger partial charge in [0.15, 0.2) is 11.5 Å². The Morgan fingerprint density at radius 3 is 2.35 bits per heavy atom. The van der Waals surface area contributed by atoms with Gasteiger partial charge in [-0.15, -0.1) is 11.8 Å². The first-order valence-corrected chi connectivity index (χ1v) is 14.6. The van der Waals surface area contributed by atoms with Crippen LogP contribution in [0.3, 0.4) is 0 Å². The Morgan fingerprint density at radius 1 is 1.03 bits per heavy atom. The lowest BCUT2D eigenvalue weighted by molar-refractivity contribution is -0.120. The predicted molar refractivity (Wildman–Crippen MR) is 144 cm³/mol. The lowest BCUT2D eigenvalue weighted by atomic mass is 10.1. The summed E-state index contributed by atoms with van der Waals surface area (Å²) in [6, 6.07) is 18.4. The number of nitrogens with zero attached hydrogens (tertiary/aromatic N) is 1. The molecule has 0 radical (unpaired) electrons. The second-order valence-corrected chi connectivity index (χ2v) is 11.0. The number of fused-ring (bicyclic) bond motifs is 1. The second-order valence-electron chi connectivity index (χ2n) is 8.31. The number of ether oxygens (including phenoxy) is 3. The van der Waals surface area contributed by atoms with Gasteiger partial charge in [0.1, 0.15) is 25.5 Å². The molecule has 0 aliphatic carbocycles. The van der Waals surface area contributed by atoms with Gasteiger partial charge in [0, 0.05) is 4.90 Å². The molecule has 0 saturated carbocycles. The molecule has 196 valence electrons. The van der Waals surface area contributed by atoms with E-state index in [1.165, 1.54) is 11.8 Å². The highest BCUT2D eigenvalue weighted by Gasteiger charge is 2.28. The van der Waals surface area contributed by atoms with Crippen molar-refractivity contribution >= 4 is 33.4 Å². The number of carbonyl (C=O) groups is 1. The monoisotopic (exact) mass is 542 g/mol. The van der Waals surface area contributed by atoms with Gasteiger partial charge in [0.2, 0.25) is 5.91 Å². The summed E-state index contributed by atoms with van der Waals surface area (Å²) in [7, 11) is -4.03. The fraction of sp³-hybridized carbons (Fsp3) is 0.296. The van der Waals surface area contributed by atoms with Crippen molar-refractivity contribution in [3.63, 3.8) is 0 Å². The van der Waals surface area contributed by atoms with Crippen LogP contribution in [0, 0.1) is 0 Å². The molecule has 1 N–H and O–H groups in total. The number of benzene rings is 3. The van der Waals surface area contributed by atoms with E-state index in [4.69, 9.17) is 14.2 Å². The van der Waals surface area contributed by atoms with E-state index in [1.807, 2.05) is 32.2 Å². The molecule has 4 rings (SSSR count). The molecule has 0 saturated heterocycles. The second kappa shape index (κ2) is 11.8. The van der Waals surface area contributed by atoms with Crippen molar-refractivity contribution in [3.05, 3.63) is 72.3 Å². The van der Waals surface area contributed by atoms with Crippen molar-refractivity contribution in [2.24, 2.45) is 0 Å². The highest BCUT2D eigenvalue weighted by atomic mass is 32.2. The lowest BCUT2D eigenvalue weighted by Crippen LogP contribution is -2.41. The Balaban J connectivity index is 1.57. The Bertz CT molecular complexity index is 1330. The molecule has 37 heavy (non-hydrogen) atoms. The van der Waals surface area contributed by atoms with Crippen LogP contribution in [0.4, 0.5) is 5.69 Å². The van der Waals surface area contributed by atoms with E-state index in [0.717, 1.165) is 14.8 Å². The average molecular weight is 543 g/mol. The van der Waals surface area contributed by atoms with Crippen molar-refractivity contribution in [2.75, 3.05) is 36.9 Å². The largest absolute Gasteiger partial charge is 0.494 e. The van der Waals surface area contributed by atoms with Crippen molar-refractivity contribution in [2.45, 2.75) is 29.7 Å². The van der Waals surface area contributed by atoms with E-state index >= 15 is 0 Å². The van der Waals surface area contributed by atoms with Crippen LogP contribution < -0.4 is 23.8 Å². The van der Waals surface area contributed by atoms with Crippen molar-refractivity contribution in [1.82, 2.24) is 5.32 Å². The van der Waals surface area contributed by atoms with Crippen LogP contribution in [0.1, 0.15) is 25.5 Å². The van der Waals surface area contributed by atoms with Gasteiger partial charge in [0.25, 0.3) is 10.0 Å². The van der Waals surface area contributed by atoms with Crippen LogP contribution in [0.5, 0.6) is 17.2 Å². The Kier molecular flexibility index (Phi) is 8.50. The van der Waals surface area contributed by atoms with Crippen LogP contribution in [0.2, 0.25) is 0 Å². The van der Waals surface area contributed by atoms with Gasteiger partial charge in [-0.05, 0) is 86.3 Å². The van der Waals surface area contributed by atoms with Crippen LogP contribution >= 0.6 is 11.8 Å². The molecule has 1 atom stereocenters. The number of anilines is 1. The molecule has 0 aromatic heterocycles. The van der Waals surface area contributed by atoms with Gasteiger partial charge in [-0.25, -0.2) is 8.42 Å². The van der Waals surface area contributed by atoms with Gasteiger partial charge in [-0.3, -0.25) is 9.10 Å². The number of hydrogen-bond acceptors (Lipinski definition) is 7. The average Bonchev–Trinajstić information content (AvgIpc) is 2.92. The SMILES string of the molecule is CCOc1ccc(N(CC(=O)NC(C)c2ccc3c(c2)OCCO3)S(=O)(=O)c2ccc(SC)cc2)cc1. The van der Waals surface area contributed by atoms with E-state index in [9.17, 15) is 13.2 Å². The quantitative estimate of drug-likeness (QED) is 0.373. The van der Waals surface area contributed by atoms with Gasteiger partial charge in [-0.1, -0.05) is 6.07 Å². The smallest absolute Gasteiger partial charge is 0.264 e. The van der Waals surface area contributed by atoms with Crippen LogP contribution in [-0.2, 0) is 14.8 Å². The number of nitrogens with one attached hydrogen (secondary N) is 1. The maximum atomic E-state index is 13.7. The minimum Gasteiger partial charge on any atom is -0.494 e. The van der Waals surface area contributed by atoms with Crippen molar-refractivity contribution in [3.8, 4) is 17.2 Å². The Morgan fingerprint density at radius 2 is 1.70 bits per heavy atom. The minimum absolute atomic E-state index is 0.104. The van der Waals surface area contributed by atoms with E-state index in [1.54, 1.807) is 54.6 Å². The number of rotatable bonds is 10. The first-order valence-electron chi connectivity index (χ1n) is 11.9. The van der Waals surface area contributed by atoms with E-state index in [-0.39, 0.29) is 10.9 Å². The highest BCUT2D eigenvalue weighted by Crippen LogP contribution is 2.33. The number of thioether (sulfide) groups is 1.